The molecule has 2 fully saturated rings. The van der Waals surface area contributed by atoms with Crippen molar-refractivity contribution in [3.05, 3.63) is 0 Å². The Bertz CT molecular complexity index is 325. The molecule has 1 heterocycles. The van der Waals surface area contributed by atoms with Crippen molar-refractivity contribution in [2.75, 3.05) is 13.2 Å². The molecule has 0 radical (unpaired) electrons. The minimum Gasteiger partial charge on any atom is -0.481 e. The smallest absolute Gasteiger partial charge is 0.307 e. The van der Waals surface area contributed by atoms with Gasteiger partial charge in [0, 0.05) is 19.3 Å². The van der Waals surface area contributed by atoms with Crippen LogP contribution in [0.1, 0.15) is 32.6 Å². The Morgan fingerprint density at radius 3 is 2.39 bits per heavy atom. The average Bonchev–Trinajstić information content (AvgIpc) is 2.73. The van der Waals surface area contributed by atoms with Gasteiger partial charge in [-0.3, -0.25) is 9.59 Å². The first-order valence-electron chi connectivity index (χ1n) is 6.69. The molecule has 2 N–H and O–H groups in total. The van der Waals surface area contributed by atoms with Crippen LogP contribution in [0.15, 0.2) is 0 Å². The topological polar surface area (TPSA) is 75.6 Å². The van der Waals surface area contributed by atoms with E-state index in [1.807, 2.05) is 6.92 Å². The number of rotatable bonds is 3. The van der Waals surface area contributed by atoms with E-state index in [2.05, 4.69) is 5.32 Å². The molecule has 5 heteroatoms. The van der Waals surface area contributed by atoms with Crippen molar-refractivity contribution in [1.82, 2.24) is 5.32 Å². The van der Waals surface area contributed by atoms with Gasteiger partial charge in [-0.15, -0.1) is 0 Å². The minimum atomic E-state index is -0.841. The van der Waals surface area contributed by atoms with E-state index in [9.17, 15) is 9.59 Å². The van der Waals surface area contributed by atoms with Crippen molar-refractivity contribution < 1.29 is 19.4 Å². The maximum Gasteiger partial charge on any atom is 0.307 e. The third-order valence-electron chi connectivity index (χ3n) is 4.02. The normalized spacial score (nSPS) is 33.3. The molecule has 0 aromatic heterocycles. The van der Waals surface area contributed by atoms with Crippen LogP contribution in [-0.4, -0.2) is 36.2 Å². The summed E-state index contributed by atoms with van der Waals surface area (Å²) in [5, 5.41) is 12.1. The number of carboxylic acids is 1. The number of nitrogens with one attached hydrogen (secondary N) is 1. The summed E-state index contributed by atoms with van der Waals surface area (Å²) in [5.74, 6) is -1.48. The van der Waals surface area contributed by atoms with Gasteiger partial charge in [0.25, 0.3) is 0 Å². The Kier molecular flexibility index (Phi) is 4.22. The van der Waals surface area contributed by atoms with Crippen LogP contribution in [0.4, 0.5) is 0 Å². The first-order chi connectivity index (χ1) is 8.58. The summed E-state index contributed by atoms with van der Waals surface area (Å²) >= 11 is 0. The van der Waals surface area contributed by atoms with Gasteiger partial charge in [-0.2, -0.15) is 0 Å². The Morgan fingerprint density at radius 1 is 1.17 bits per heavy atom. The van der Waals surface area contributed by atoms with Crippen molar-refractivity contribution >= 4 is 11.9 Å². The molecule has 0 aromatic carbocycles. The summed E-state index contributed by atoms with van der Waals surface area (Å²) in [5.41, 5.74) is 0. The Labute approximate surface area is 107 Å². The van der Waals surface area contributed by atoms with Crippen LogP contribution >= 0.6 is 0 Å². The second kappa shape index (κ2) is 5.69. The van der Waals surface area contributed by atoms with E-state index in [1.165, 1.54) is 0 Å². The van der Waals surface area contributed by atoms with Crippen molar-refractivity contribution in [1.29, 1.82) is 0 Å². The fraction of sp³-hybridized carbons (Fsp3) is 0.846. The molecule has 102 valence electrons. The van der Waals surface area contributed by atoms with Crippen molar-refractivity contribution in [3.63, 3.8) is 0 Å². The van der Waals surface area contributed by atoms with E-state index in [-0.39, 0.29) is 17.9 Å². The third-order valence-corrected chi connectivity index (χ3v) is 4.02. The standard InChI is InChI=1S/C13H21NO4/c1-8-6-10(11(7-8)13(16)17)12(15)14-9-2-4-18-5-3-9/h8-11H,2-7H2,1H3,(H,14,15)(H,16,17)/t8?,10-,11+/m0/s1. The molecule has 1 aliphatic carbocycles. The molecule has 1 aliphatic heterocycles. The fourth-order valence-electron chi connectivity index (χ4n) is 3.00. The highest BCUT2D eigenvalue weighted by Gasteiger charge is 2.41. The van der Waals surface area contributed by atoms with Gasteiger partial charge in [0.05, 0.1) is 11.8 Å². The number of amides is 1. The minimum absolute atomic E-state index is 0.0846. The number of carbonyl (C=O) groups is 2. The number of hydrogen-bond donors (Lipinski definition) is 2. The van der Waals surface area contributed by atoms with Crippen LogP contribution in [-0.2, 0) is 14.3 Å². The van der Waals surface area contributed by atoms with E-state index >= 15 is 0 Å². The number of aliphatic carboxylic acids is 1. The quantitative estimate of drug-likeness (QED) is 0.789. The molecule has 1 saturated carbocycles. The van der Waals surface area contributed by atoms with Gasteiger partial charge in [0.1, 0.15) is 0 Å². The summed E-state index contributed by atoms with van der Waals surface area (Å²) < 4.78 is 5.24. The molecule has 0 bridgehead atoms. The lowest BCUT2D eigenvalue weighted by molar-refractivity contribution is -0.146. The van der Waals surface area contributed by atoms with Crippen LogP contribution in [0.3, 0.4) is 0 Å². The van der Waals surface area contributed by atoms with Gasteiger partial charge in [-0.25, -0.2) is 0 Å². The van der Waals surface area contributed by atoms with Crippen molar-refractivity contribution in [2.45, 2.75) is 38.6 Å². The Balaban J connectivity index is 1.92. The zero-order chi connectivity index (χ0) is 13.1. The molecule has 1 amide bonds. The molecule has 3 atom stereocenters. The fourth-order valence-corrected chi connectivity index (χ4v) is 3.00. The molecule has 0 aromatic rings. The van der Waals surface area contributed by atoms with E-state index in [4.69, 9.17) is 9.84 Å². The Hall–Kier alpha value is -1.10. The molecule has 2 aliphatic rings. The highest BCUT2D eigenvalue weighted by molar-refractivity contribution is 5.85. The van der Waals surface area contributed by atoms with Gasteiger partial charge < -0.3 is 15.2 Å². The summed E-state index contributed by atoms with van der Waals surface area (Å²) in [7, 11) is 0. The maximum atomic E-state index is 12.2. The van der Waals surface area contributed by atoms with E-state index < -0.39 is 11.9 Å². The number of carboxylic acid groups (broad SMARTS) is 1. The van der Waals surface area contributed by atoms with E-state index in [0.29, 0.717) is 32.0 Å². The van der Waals surface area contributed by atoms with Crippen molar-refractivity contribution in [2.24, 2.45) is 17.8 Å². The third kappa shape index (κ3) is 3.02. The van der Waals surface area contributed by atoms with Gasteiger partial charge in [0.2, 0.25) is 5.91 Å². The number of carbonyl (C=O) groups excluding carboxylic acids is 1. The summed E-state index contributed by atoms with van der Waals surface area (Å²) in [6.45, 7) is 3.36. The SMILES string of the molecule is CC1C[C@H](C(=O)NC2CCOCC2)[C@H](C(=O)O)C1. The second-order valence-electron chi connectivity index (χ2n) is 5.52. The van der Waals surface area contributed by atoms with Gasteiger partial charge in [-0.05, 0) is 31.6 Å². The van der Waals surface area contributed by atoms with Crippen LogP contribution < -0.4 is 5.32 Å². The van der Waals surface area contributed by atoms with Crippen LogP contribution in [0.5, 0.6) is 0 Å². The lowest BCUT2D eigenvalue weighted by Crippen LogP contribution is -2.43. The molecule has 2 rings (SSSR count). The monoisotopic (exact) mass is 255 g/mol. The molecule has 18 heavy (non-hydrogen) atoms. The average molecular weight is 255 g/mol. The zero-order valence-corrected chi connectivity index (χ0v) is 10.7. The maximum absolute atomic E-state index is 12.2. The summed E-state index contributed by atoms with van der Waals surface area (Å²) in [6.07, 6.45) is 2.95. The summed E-state index contributed by atoms with van der Waals surface area (Å²) in [4.78, 5) is 23.3. The predicted octanol–water partition coefficient (Wildman–Crippen LogP) is 1.03. The van der Waals surface area contributed by atoms with Crippen LogP contribution in [0.25, 0.3) is 0 Å². The lowest BCUT2D eigenvalue weighted by atomic mass is 9.94. The number of ether oxygens (including phenoxy) is 1. The molecule has 0 spiro atoms. The van der Waals surface area contributed by atoms with Crippen molar-refractivity contribution in [3.8, 4) is 0 Å². The molecular weight excluding hydrogens is 234 g/mol. The molecular formula is C13H21NO4. The zero-order valence-electron chi connectivity index (χ0n) is 10.7. The second-order valence-corrected chi connectivity index (χ2v) is 5.52. The first kappa shape index (κ1) is 13.3. The van der Waals surface area contributed by atoms with Gasteiger partial charge in [0.15, 0.2) is 0 Å². The van der Waals surface area contributed by atoms with Gasteiger partial charge >= 0.3 is 5.97 Å². The highest BCUT2D eigenvalue weighted by Crippen LogP contribution is 2.36. The van der Waals surface area contributed by atoms with E-state index in [1.54, 1.807) is 0 Å². The lowest BCUT2D eigenvalue weighted by Gasteiger charge is -2.25. The molecule has 1 unspecified atom stereocenters. The van der Waals surface area contributed by atoms with Crippen LogP contribution in [0.2, 0.25) is 0 Å². The molecule has 1 saturated heterocycles. The van der Waals surface area contributed by atoms with Gasteiger partial charge in [-0.1, -0.05) is 6.92 Å². The largest absolute Gasteiger partial charge is 0.481 e. The summed E-state index contributed by atoms with van der Waals surface area (Å²) in [6, 6.07) is 0.150. The number of hydrogen-bond acceptors (Lipinski definition) is 3. The van der Waals surface area contributed by atoms with Crippen LogP contribution in [0, 0.1) is 17.8 Å². The van der Waals surface area contributed by atoms with E-state index in [0.717, 1.165) is 12.8 Å². The predicted molar refractivity (Wildman–Crippen MR) is 65.0 cm³/mol. The highest BCUT2D eigenvalue weighted by atomic mass is 16.5. The molecule has 5 nitrogen and oxygen atoms in total. The Morgan fingerprint density at radius 2 is 1.78 bits per heavy atom. The first-order valence-corrected chi connectivity index (χ1v) is 6.69.